The second kappa shape index (κ2) is 11.5. The molecule has 160 valence electrons. The van der Waals surface area contributed by atoms with Crippen molar-refractivity contribution in [1.82, 2.24) is 10.9 Å². The molecule has 2 N–H and O–H groups in total. The van der Waals surface area contributed by atoms with E-state index < -0.39 is 24.4 Å². The van der Waals surface area contributed by atoms with Crippen molar-refractivity contribution in [3.05, 3.63) is 59.7 Å². The van der Waals surface area contributed by atoms with Crippen molar-refractivity contribution >= 4 is 23.5 Å². The maximum atomic E-state index is 12.2. The van der Waals surface area contributed by atoms with E-state index in [1.54, 1.807) is 36.4 Å². The summed E-state index contributed by atoms with van der Waals surface area (Å²) in [5.74, 6) is -1.03. The highest BCUT2D eigenvalue weighted by molar-refractivity contribution is 5.95. The zero-order chi connectivity index (χ0) is 21.9. The van der Waals surface area contributed by atoms with E-state index in [0.717, 1.165) is 18.8 Å². The molecule has 2 rings (SSSR count). The van der Waals surface area contributed by atoms with Crippen LogP contribution in [0.5, 0.6) is 5.75 Å². The number of nitrogens with zero attached hydrogens (tertiary/aromatic N) is 1. The number of methoxy groups -OCH3 is 1. The molecule has 0 saturated carbocycles. The minimum absolute atomic E-state index is 0.00965. The highest BCUT2D eigenvalue weighted by atomic mass is 16.5. The normalized spacial score (nSPS) is 10.1. The summed E-state index contributed by atoms with van der Waals surface area (Å²) < 4.78 is 10.0. The molecular formula is C22H27N3O5. The van der Waals surface area contributed by atoms with Gasteiger partial charge in [0.2, 0.25) is 0 Å². The van der Waals surface area contributed by atoms with Gasteiger partial charge in [0.25, 0.3) is 11.8 Å². The largest absolute Gasteiger partial charge is 0.497 e. The zero-order valence-electron chi connectivity index (χ0n) is 17.4. The smallest absolute Gasteiger partial charge is 0.310 e. The molecule has 0 unspecified atom stereocenters. The van der Waals surface area contributed by atoms with Crippen molar-refractivity contribution in [3.8, 4) is 5.75 Å². The Labute approximate surface area is 176 Å². The number of carbonyl (C=O) groups is 3. The number of benzene rings is 2. The van der Waals surface area contributed by atoms with E-state index >= 15 is 0 Å². The lowest BCUT2D eigenvalue weighted by Gasteiger charge is -2.21. The first-order chi connectivity index (χ1) is 14.5. The zero-order valence-corrected chi connectivity index (χ0v) is 17.4. The van der Waals surface area contributed by atoms with Crippen LogP contribution in [0.3, 0.4) is 0 Å². The third-order valence-corrected chi connectivity index (χ3v) is 4.42. The lowest BCUT2D eigenvalue weighted by Crippen LogP contribution is -2.43. The Morgan fingerprint density at radius 2 is 1.67 bits per heavy atom. The van der Waals surface area contributed by atoms with Crippen molar-refractivity contribution in [2.45, 2.75) is 20.3 Å². The number of hydrazine groups is 1. The number of rotatable bonds is 9. The Morgan fingerprint density at radius 1 is 0.967 bits per heavy atom. The van der Waals surface area contributed by atoms with E-state index in [4.69, 9.17) is 9.47 Å². The van der Waals surface area contributed by atoms with Crippen LogP contribution in [0.1, 0.15) is 29.8 Å². The molecule has 0 aromatic heterocycles. The maximum absolute atomic E-state index is 12.2. The van der Waals surface area contributed by atoms with Gasteiger partial charge in [0, 0.05) is 24.3 Å². The molecule has 0 saturated heterocycles. The van der Waals surface area contributed by atoms with Crippen molar-refractivity contribution in [3.63, 3.8) is 0 Å². The number of carbonyl (C=O) groups excluding carboxylic acids is 3. The molecule has 2 amide bonds. The van der Waals surface area contributed by atoms with Crippen LogP contribution < -0.4 is 20.5 Å². The first-order valence-corrected chi connectivity index (χ1v) is 9.69. The first-order valence-electron chi connectivity index (χ1n) is 9.69. The average Bonchev–Trinajstić information content (AvgIpc) is 2.77. The molecule has 0 spiro atoms. The van der Waals surface area contributed by atoms with Crippen molar-refractivity contribution < 1.29 is 23.9 Å². The lowest BCUT2D eigenvalue weighted by atomic mass is 10.1. The van der Waals surface area contributed by atoms with Gasteiger partial charge in [-0.2, -0.15) is 0 Å². The number of ether oxygens (including phenoxy) is 2. The molecule has 0 heterocycles. The Balaban J connectivity index is 1.75. The van der Waals surface area contributed by atoms with Gasteiger partial charge in [-0.15, -0.1) is 0 Å². The van der Waals surface area contributed by atoms with Crippen molar-refractivity contribution in [1.29, 1.82) is 0 Å². The SMILES string of the molecule is CCN(CC)c1ccc(C(=O)NNC(=O)COC(=O)Cc2cccc(OC)c2)cc1. The van der Waals surface area contributed by atoms with Crippen LogP contribution in [0, 0.1) is 0 Å². The number of hydrogen-bond acceptors (Lipinski definition) is 6. The number of amides is 2. The molecule has 8 heteroatoms. The third-order valence-electron chi connectivity index (χ3n) is 4.42. The van der Waals surface area contributed by atoms with Gasteiger partial charge in [0.15, 0.2) is 6.61 Å². The minimum Gasteiger partial charge on any atom is -0.497 e. The highest BCUT2D eigenvalue weighted by Gasteiger charge is 2.11. The van der Waals surface area contributed by atoms with E-state index in [0.29, 0.717) is 16.9 Å². The predicted octanol–water partition coefficient (Wildman–Crippen LogP) is 2.09. The molecule has 0 bridgehead atoms. The monoisotopic (exact) mass is 413 g/mol. The molecule has 2 aromatic rings. The minimum atomic E-state index is -0.637. The van der Waals surface area contributed by atoms with Gasteiger partial charge in [-0.3, -0.25) is 25.2 Å². The predicted molar refractivity (Wildman–Crippen MR) is 113 cm³/mol. The second-order valence-electron chi connectivity index (χ2n) is 6.41. The summed E-state index contributed by atoms with van der Waals surface area (Å²) in [6.07, 6.45) is 0.00965. The number of hydrogen-bond donors (Lipinski definition) is 2. The van der Waals surface area contributed by atoms with Gasteiger partial charge in [-0.05, 0) is 55.8 Å². The van der Waals surface area contributed by atoms with Gasteiger partial charge in [-0.25, -0.2) is 0 Å². The fourth-order valence-electron chi connectivity index (χ4n) is 2.79. The van der Waals surface area contributed by atoms with Crippen LogP contribution in [0.4, 0.5) is 5.69 Å². The fraction of sp³-hybridized carbons (Fsp3) is 0.318. The van der Waals surface area contributed by atoms with Crippen LogP contribution in [0.25, 0.3) is 0 Å². The maximum Gasteiger partial charge on any atom is 0.310 e. The first kappa shape index (κ1) is 22.7. The Hall–Kier alpha value is -3.55. The molecular weight excluding hydrogens is 386 g/mol. The van der Waals surface area contributed by atoms with Gasteiger partial charge >= 0.3 is 5.97 Å². The second-order valence-corrected chi connectivity index (χ2v) is 6.41. The molecule has 30 heavy (non-hydrogen) atoms. The van der Waals surface area contributed by atoms with Gasteiger partial charge < -0.3 is 14.4 Å². The Kier molecular flexibility index (Phi) is 8.68. The van der Waals surface area contributed by atoms with Gasteiger partial charge in [0.1, 0.15) is 5.75 Å². The summed E-state index contributed by atoms with van der Waals surface area (Å²) in [7, 11) is 1.54. The highest BCUT2D eigenvalue weighted by Crippen LogP contribution is 2.15. The standard InChI is InChI=1S/C22H27N3O5/c1-4-25(5-2)18-11-9-17(10-12-18)22(28)24-23-20(26)15-30-21(27)14-16-7-6-8-19(13-16)29-3/h6-13H,4-5,14-15H2,1-3H3,(H,23,26)(H,24,28). The van der Waals surface area contributed by atoms with Crippen LogP contribution >= 0.6 is 0 Å². The van der Waals surface area contributed by atoms with Gasteiger partial charge in [-0.1, -0.05) is 12.1 Å². The molecule has 0 aliphatic carbocycles. The van der Waals surface area contributed by atoms with Crippen LogP contribution in [0.15, 0.2) is 48.5 Å². The molecule has 0 aliphatic heterocycles. The summed E-state index contributed by atoms with van der Waals surface area (Å²) in [6, 6.07) is 14.1. The summed E-state index contributed by atoms with van der Waals surface area (Å²) in [6.45, 7) is 5.36. The Bertz CT molecular complexity index is 863. The molecule has 0 fully saturated rings. The number of anilines is 1. The van der Waals surface area contributed by atoms with Gasteiger partial charge in [0.05, 0.1) is 13.5 Å². The van der Waals surface area contributed by atoms with E-state index in [-0.39, 0.29) is 6.42 Å². The van der Waals surface area contributed by atoms with Crippen LogP contribution in [-0.2, 0) is 20.7 Å². The van der Waals surface area contributed by atoms with E-state index in [9.17, 15) is 14.4 Å². The molecule has 2 aromatic carbocycles. The Morgan fingerprint density at radius 3 is 2.30 bits per heavy atom. The molecule has 8 nitrogen and oxygen atoms in total. The van der Waals surface area contributed by atoms with Crippen molar-refractivity contribution in [2.24, 2.45) is 0 Å². The third kappa shape index (κ3) is 6.80. The van der Waals surface area contributed by atoms with Crippen LogP contribution in [-0.4, -0.2) is 44.6 Å². The molecule has 0 atom stereocenters. The van der Waals surface area contributed by atoms with E-state index in [1.807, 2.05) is 12.1 Å². The fourth-order valence-corrected chi connectivity index (χ4v) is 2.79. The van der Waals surface area contributed by atoms with E-state index in [1.165, 1.54) is 7.11 Å². The summed E-state index contributed by atoms with van der Waals surface area (Å²) in [5.41, 5.74) is 6.67. The average molecular weight is 413 g/mol. The molecule has 0 radical (unpaired) electrons. The number of esters is 1. The van der Waals surface area contributed by atoms with Crippen molar-refractivity contribution in [2.75, 3.05) is 31.7 Å². The summed E-state index contributed by atoms with van der Waals surface area (Å²) in [5, 5.41) is 0. The van der Waals surface area contributed by atoms with Crippen LogP contribution in [0.2, 0.25) is 0 Å². The summed E-state index contributed by atoms with van der Waals surface area (Å²) in [4.78, 5) is 38.0. The quantitative estimate of drug-likeness (QED) is 0.483. The lowest BCUT2D eigenvalue weighted by molar-refractivity contribution is -0.148. The topological polar surface area (TPSA) is 97.0 Å². The number of nitrogens with one attached hydrogen (secondary N) is 2. The summed E-state index contributed by atoms with van der Waals surface area (Å²) >= 11 is 0. The molecule has 0 aliphatic rings. The van der Waals surface area contributed by atoms with E-state index in [2.05, 4.69) is 29.6 Å².